The smallest absolute Gasteiger partial charge is 0.370 e. The molecule has 0 bridgehead atoms. The van der Waals surface area contributed by atoms with E-state index in [1.807, 2.05) is 0 Å². The average Bonchev–Trinajstić information content (AvgIpc) is 2.83. The maximum Gasteiger partial charge on any atom is 0.408 e. The molecule has 0 aromatic carbocycles. The maximum atomic E-state index is 12.0. The number of thiazole rings is 1. The Morgan fingerprint density at radius 3 is 2.86 bits per heavy atom. The zero-order valence-corrected chi connectivity index (χ0v) is 12.1. The predicted molar refractivity (Wildman–Crippen MR) is 75.3 cm³/mol. The second-order valence-corrected chi connectivity index (χ2v) is 4.97. The van der Waals surface area contributed by atoms with E-state index in [2.05, 4.69) is 20.6 Å². The van der Waals surface area contributed by atoms with Gasteiger partial charge in [-0.1, -0.05) is 0 Å². The number of aryl methyl sites for hydroxylation is 1. The Hall–Kier alpha value is -1.84. The number of nitrogens with one attached hydrogen (secondary N) is 2. The zero-order chi connectivity index (χ0) is 15.9. The molecule has 0 spiro atoms. The third-order valence-corrected chi connectivity index (χ3v) is 3.14. The van der Waals surface area contributed by atoms with Gasteiger partial charge in [0.25, 0.3) is 0 Å². The van der Waals surface area contributed by atoms with Crippen LogP contribution in [-0.2, 0) is 11.2 Å². The van der Waals surface area contributed by atoms with Crippen LogP contribution >= 0.6 is 11.3 Å². The standard InChI is InChI=1S/C11H16F3N5OS/c1-16-8(20)4-2-3-7-5-21-10(18-7)19-9(15)17-6-11(12,13)14/h5H,2-4,6H2,1H3,(H,16,20)(H3,15,17,18,19). The average molecular weight is 323 g/mol. The Balaban J connectivity index is 2.42. The molecule has 0 aliphatic rings. The molecule has 0 fully saturated rings. The topological polar surface area (TPSA) is 92.4 Å². The number of anilines is 1. The summed E-state index contributed by atoms with van der Waals surface area (Å²) in [5.74, 6) is -0.384. The van der Waals surface area contributed by atoms with E-state index in [9.17, 15) is 18.0 Å². The lowest BCUT2D eigenvalue weighted by atomic mass is 10.2. The number of alkyl halides is 3. The van der Waals surface area contributed by atoms with Crippen LogP contribution in [0.25, 0.3) is 0 Å². The molecule has 0 aliphatic carbocycles. The summed E-state index contributed by atoms with van der Waals surface area (Å²) < 4.78 is 35.9. The quantitative estimate of drug-likeness (QED) is 0.546. The normalized spacial score (nSPS) is 12.3. The summed E-state index contributed by atoms with van der Waals surface area (Å²) in [5.41, 5.74) is 6.08. The molecule has 118 valence electrons. The Bertz CT molecular complexity index is 500. The molecule has 10 heteroatoms. The second kappa shape index (κ2) is 7.81. The fraction of sp³-hybridized carbons (Fsp3) is 0.545. The number of rotatable bonds is 6. The van der Waals surface area contributed by atoms with Gasteiger partial charge in [0.2, 0.25) is 5.91 Å². The Morgan fingerprint density at radius 1 is 1.52 bits per heavy atom. The number of carbonyl (C=O) groups excluding carboxylic acids is 1. The van der Waals surface area contributed by atoms with Crippen molar-refractivity contribution in [1.29, 1.82) is 0 Å². The molecule has 0 atom stereocenters. The van der Waals surface area contributed by atoms with E-state index >= 15 is 0 Å². The van der Waals surface area contributed by atoms with Crippen LogP contribution < -0.4 is 16.4 Å². The summed E-state index contributed by atoms with van der Waals surface area (Å²) in [7, 11) is 1.57. The number of hydrogen-bond donors (Lipinski definition) is 3. The monoisotopic (exact) mass is 323 g/mol. The highest BCUT2D eigenvalue weighted by Crippen LogP contribution is 2.17. The minimum absolute atomic E-state index is 0.0490. The third-order valence-electron chi connectivity index (χ3n) is 2.33. The molecule has 6 nitrogen and oxygen atoms in total. The van der Waals surface area contributed by atoms with Gasteiger partial charge in [0, 0.05) is 18.8 Å². The van der Waals surface area contributed by atoms with Crippen LogP contribution in [0.1, 0.15) is 18.5 Å². The number of aromatic nitrogens is 1. The lowest BCUT2D eigenvalue weighted by molar-refractivity contribution is -0.120. The van der Waals surface area contributed by atoms with Gasteiger partial charge in [-0.25, -0.2) is 9.98 Å². The number of halogens is 3. The summed E-state index contributed by atoms with van der Waals surface area (Å²) in [4.78, 5) is 18.4. The molecular formula is C11H16F3N5OS. The minimum Gasteiger partial charge on any atom is -0.370 e. The van der Waals surface area contributed by atoms with E-state index in [0.29, 0.717) is 24.4 Å². The lowest BCUT2D eigenvalue weighted by Gasteiger charge is -2.04. The van der Waals surface area contributed by atoms with Crippen LogP contribution in [0.4, 0.5) is 18.3 Å². The van der Waals surface area contributed by atoms with Crippen molar-refractivity contribution >= 4 is 28.3 Å². The van der Waals surface area contributed by atoms with Crippen molar-refractivity contribution < 1.29 is 18.0 Å². The molecule has 1 rings (SSSR count). The Kier molecular flexibility index (Phi) is 6.40. The first-order chi connectivity index (χ1) is 9.80. The van der Waals surface area contributed by atoms with Gasteiger partial charge in [0.1, 0.15) is 6.54 Å². The van der Waals surface area contributed by atoms with E-state index in [-0.39, 0.29) is 11.9 Å². The molecule has 0 saturated heterocycles. The van der Waals surface area contributed by atoms with Crippen molar-refractivity contribution in [3.05, 3.63) is 11.1 Å². The van der Waals surface area contributed by atoms with Crippen LogP contribution in [0.2, 0.25) is 0 Å². The van der Waals surface area contributed by atoms with Crippen molar-refractivity contribution in [3.63, 3.8) is 0 Å². The summed E-state index contributed by atoms with van der Waals surface area (Å²) in [5, 5.41) is 7.14. The third kappa shape index (κ3) is 7.49. The van der Waals surface area contributed by atoms with Crippen LogP contribution in [0, 0.1) is 0 Å². The molecule has 4 N–H and O–H groups in total. The molecule has 1 heterocycles. The number of nitrogens with two attached hydrogens (primary N) is 1. The van der Waals surface area contributed by atoms with Gasteiger partial charge in [-0.2, -0.15) is 13.2 Å². The van der Waals surface area contributed by atoms with Gasteiger partial charge in [-0.3, -0.25) is 4.79 Å². The molecule has 1 aromatic rings. The van der Waals surface area contributed by atoms with Gasteiger partial charge in [-0.15, -0.1) is 11.3 Å². The van der Waals surface area contributed by atoms with Gasteiger partial charge < -0.3 is 16.4 Å². The lowest BCUT2D eigenvalue weighted by Crippen LogP contribution is -2.25. The fourth-order valence-corrected chi connectivity index (χ4v) is 2.11. The number of nitrogens with zero attached hydrogens (tertiary/aromatic N) is 2. The van der Waals surface area contributed by atoms with Gasteiger partial charge >= 0.3 is 6.18 Å². The largest absolute Gasteiger partial charge is 0.408 e. The van der Waals surface area contributed by atoms with Gasteiger partial charge in [-0.05, 0) is 12.8 Å². The van der Waals surface area contributed by atoms with E-state index in [1.54, 1.807) is 12.4 Å². The highest BCUT2D eigenvalue weighted by atomic mass is 32.1. The molecule has 21 heavy (non-hydrogen) atoms. The highest BCUT2D eigenvalue weighted by molar-refractivity contribution is 7.13. The molecule has 1 amide bonds. The number of aliphatic imine (C=N–C) groups is 1. The zero-order valence-electron chi connectivity index (χ0n) is 11.3. The Morgan fingerprint density at radius 2 is 2.24 bits per heavy atom. The number of guanidine groups is 1. The van der Waals surface area contributed by atoms with Crippen LogP contribution in [0.3, 0.4) is 0 Å². The van der Waals surface area contributed by atoms with E-state index in [0.717, 1.165) is 5.69 Å². The van der Waals surface area contributed by atoms with E-state index in [1.165, 1.54) is 11.3 Å². The van der Waals surface area contributed by atoms with Gasteiger partial charge in [0.05, 0.1) is 5.69 Å². The van der Waals surface area contributed by atoms with Crippen molar-refractivity contribution in [2.75, 3.05) is 18.9 Å². The molecule has 1 aromatic heterocycles. The summed E-state index contributed by atoms with van der Waals surface area (Å²) >= 11 is 1.21. The molecule has 0 saturated carbocycles. The predicted octanol–water partition coefficient (Wildman–Crippen LogP) is 1.50. The SMILES string of the molecule is CNC(=O)CCCc1csc(NC(N)=NCC(F)(F)F)n1. The Labute approximate surface area is 123 Å². The van der Waals surface area contributed by atoms with Crippen LogP contribution in [0.5, 0.6) is 0 Å². The first-order valence-corrected chi connectivity index (χ1v) is 6.97. The van der Waals surface area contributed by atoms with Crippen molar-refractivity contribution in [2.45, 2.75) is 25.4 Å². The van der Waals surface area contributed by atoms with Crippen LogP contribution in [0.15, 0.2) is 10.4 Å². The summed E-state index contributed by atoms with van der Waals surface area (Å²) in [6, 6.07) is 0. The first-order valence-electron chi connectivity index (χ1n) is 6.09. The number of hydrogen-bond acceptors (Lipinski definition) is 4. The summed E-state index contributed by atoms with van der Waals surface area (Å²) in [6.07, 6.45) is -2.75. The first kappa shape index (κ1) is 17.2. The highest BCUT2D eigenvalue weighted by Gasteiger charge is 2.26. The second-order valence-electron chi connectivity index (χ2n) is 4.11. The molecule has 0 unspecified atom stereocenters. The van der Waals surface area contributed by atoms with Crippen molar-refractivity contribution in [2.24, 2.45) is 10.7 Å². The fourth-order valence-electron chi connectivity index (χ4n) is 1.36. The van der Waals surface area contributed by atoms with Crippen molar-refractivity contribution in [3.8, 4) is 0 Å². The molecule has 0 radical (unpaired) electrons. The summed E-state index contributed by atoms with van der Waals surface area (Å²) in [6.45, 7) is -1.34. The van der Waals surface area contributed by atoms with Gasteiger partial charge in [0.15, 0.2) is 11.1 Å². The van der Waals surface area contributed by atoms with E-state index < -0.39 is 12.7 Å². The van der Waals surface area contributed by atoms with Crippen LogP contribution in [-0.4, -0.2) is 36.6 Å². The van der Waals surface area contributed by atoms with E-state index in [4.69, 9.17) is 5.73 Å². The number of carbonyl (C=O) groups is 1. The minimum atomic E-state index is -4.39. The van der Waals surface area contributed by atoms with Crippen molar-refractivity contribution in [1.82, 2.24) is 10.3 Å². The number of amides is 1. The molecular weight excluding hydrogens is 307 g/mol. The maximum absolute atomic E-state index is 12.0. The molecule has 0 aliphatic heterocycles.